The zero-order valence-corrected chi connectivity index (χ0v) is 36.5. The molecule has 12 rings (SSSR count). The molecule has 0 fully saturated rings. The van der Waals surface area contributed by atoms with Crippen molar-refractivity contribution in [2.24, 2.45) is 5.41 Å². The van der Waals surface area contributed by atoms with Crippen molar-refractivity contribution in [2.75, 3.05) is 0 Å². The lowest BCUT2D eigenvalue weighted by Crippen LogP contribution is -2.42. The number of hydrogen-bond acceptors (Lipinski definition) is 3. The summed E-state index contributed by atoms with van der Waals surface area (Å²) in [5.41, 5.74) is 13.0. The van der Waals surface area contributed by atoms with Crippen LogP contribution < -0.4 is 0 Å². The molecule has 3 heterocycles. The first-order chi connectivity index (χ1) is 30.5. The van der Waals surface area contributed by atoms with Gasteiger partial charge in [0.1, 0.15) is 0 Å². The molecule has 0 amide bonds. The Kier molecular flexibility index (Phi) is 7.90. The van der Waals surface area contributed by atoms with Crippen molar-refractivity contribution in [1.29, 1.82) is 0 Å². The van der Waals surface area contributed by atoms with Gasteiger partial charge in [0.15, 0.2) is 11.6 Å². The third kappa shape index (κ3) is 5.26. The maximum atomic E-state index is 5.27. The molecule has 3 aromatic heterocycles. The number of aromatic nitrogens is 5. The summed E-state index contributed by atoms with van der Waals surface area (Å²) < 4.78 is 4.71. The monoisotopic (exact) mass is 813 g/mol. The van der Waals surface area contributed by atoms with Crippen LogP contribution in [0.5, 0.6) is 0 Å². The molecule has 5 nitrogen and oxygen atoms in total. The quantitative estimate of drug-likeness (QED) is 0.174. The van der Waals surface area contributed by atoms with E-state index in [4.69, 9.17) is 15.0 Å². The fraction of sp³-hybridized carbons (Fsp3) is 0.155. The highest BCUT2D eigenvalue weighted by Crippen LogP contribution is 2.62. The van der Waals surface area contributed by atoms with Crippen LogP contribution in [-0.2, 0) is 10.8 Å². The lowest BCUT2D eigenvalue weighted by molar-refractivity contribution is 0.125. The van der Waals surface area contributed by atoms with Gasteiger partial charge in [-0.2, -0.15) is 9.97 Å². The molecular weight excluding hydrogens is 767 g/mol. The van der Waals surface area contributed by atoms with Crippen LogP contribution in [0.25, 0.3) is 99.9 Å². The molecule has 0 aliphatic heterocycles. The molecule has 1 aliphatic rings. The second-order valence-corrected chi connectivity index (χ2v) is 18.9. The second-order valence-electron chi connectivity index (χ2n) is 18.9. The molecule has 0 bridgehead atoms. The van der Waals surface area contributed by atoms with Crippen LogP contribution in [-0.4, -0.2) is 24.1 Å². The minimum atomic E-state index is 0.0224. The Balaban J connectivity index is 1.13. The Morgan fingerprint density at radius 1 is 0.365 bits per heavy atom. The molecule has 8 aromatic carbocycles. The van der Waals surface area contributed by atoms with Gasteiger partial charge in [0.2, 0.25) is 5.95 Å². The number of rotatable bonds is 5. The van der Waals surface area contributed by atoms with Crippen molar-refractivity contribution in [3.63, 3.8) is 0 Å². The summed E-state index contributed by atoms with van der Waals surface area (Å²) in [7, 11) is 0. The fourth-order valence-electron chi connectivity index (χ4n) is 10.8. The van der Waals surface area contributed by atoms with E-state index in [0.29, 0.717) is 17.6 Å². The Morgan fingerprint density at radius 2 is 0.905 bits per heavy atom. The standard InChI is InChI=1S/C58H47N5/c1-56(2)44-30-28-40(35-45(44)57(3,4)58(56,5)6)39-23-17-24-41(34-39)62-46-27-16-15-26-43(46)51-47(62)32-33-49-52(51)50-42-25-14-13-18-36(42)29-31-48(50)63(49)55-60-53(37-19-9-7-10-20-37)59-54(61-55)38-21-11-8-12-22-38/h7-35H,1-6H3. The number of benzene rings is 8. The topological polar surface area (TPSA) is 48.5 Å². The van der Waals surface area contributed by atoms with Gasteiger partial charge in [-0.1, -0.05) is 181 Å². The first-order valence-electron chi connectivity index (χ1n) is 22.0. The first-order valence-corrected chi connectivity index (χ1v) is 22.0. The van der Waals surface area contributed by atoms with E-state index < -0.39 is 0 Å². The third-order valence-electron chi connectivity index (χ3n) is 15.3. The lowest BCUT2D eigenvalue weighted by atomic mass is 9.59. The summed E-state index contributed by atoms with van der Waals surface area (Å²) in [6, 6.07) is 63.3. The summed E-state index contributed by atoms with van der Waals surface area (Å²) in [6.45, 7) is 14.5. The molecule has 0 saturated heterocycles. The molecule has 0 N–H and O–H groups in total. The number of nitrogens with zero attached hydrogens (tertiary/aromatic N) is 5. The maximum absolute atomic E-state index is 5.27. The number of fused-ring (bicyclic) bond motifs is 10. The molecule has 0 radical (unpaired) electrons. The van der Waals surface area contributed by atoms with E-state index in [0.717, 1.165) is 38.9 Å². The largest absolute Gasteiger partial charge is 0.309 e. The molecule has 1 aliphatic carbocycles. The summed E-state index contributed by atoms with van der Waals surface area (Å²) in [5.74, 6) is 1.84. The van der Waals surface area contributed by atoms with E-state index in [1.807, 2.05) is 36.4 Å². The molecule has 0 atom stereocenters. The van der Waals surface area contributed by atoms with Crippen LogP contribution in [0.15, 0.2) is 176 Å². The Labute approximate surface area is 367 Å². The van der Waals surface area contributed by atoms with Crippen molar-refractivity contribution in [2.45, 2.75) is 52.4 Å². The van der Waals surface area contributed by atoms with E-state index in [1.165, 1.54) is 54.6 Å². The van der Waals surface area contributed by atoms with Gasteiger partial charge in [-0.25, -0.2) is 4.98 Å². The van der Waals surface area contributed by atoms with E-state index in [1.54, 1.807) is 0 Å². The number of hydrogen-bond donors (Lipinski definition) is 0. The van der Waals surface area contributed by atoms with Gasteiger partial charge in [0.25, 0.3) is 0 Å². The van der Waals surface area contributed by atoms with E-state index in [9.17, 15) is 0 Å². The molecular formula is C58H47N5. The van der Waals surface area contributed by atoms with Gasteiger partial charge in [-0.05, 0) is 85.7 Å². The Morgan fingerprint density at radius 3 is 1.62 bits per heavy atom. The van der Waals surface area contributed by atoms with Crippen LogP contribution in [0.4, 0.5) is 0 Å². The third-order valence-corrected chi connectivity index (χ3v) is 15.3. The molecule has 0 saturated carbocycles. The van der Waals surface area contributed by atoms with Crippen LogP contribution in [0.1, 0.15) is 52.7 Å². The van der Waals surface area contributed by atoms with Crippen LogP contribution in [0.2, 0.25) is 0 Å². The van der Waals surface area contributed by atoms with Crippen molar-refractivity contribution in [3.8, 4) is 45.5 Å². The average molecular weight is 814 g/mol. The maximum Gasteiger partial charge on any atom is 0.238 e. The summed E-state index contributed by atoms with van der Waals surface area (Å²) >= 11 is 0. The van der Waals surface area contributed by atoms with Gasteiger partial charge < -0.3 is 4.57 Å². The Hall–Kier alpha value is -7.37. The first kappa shape index (κ1) is 37.4. The number of para-hydroxylation sites is 1. The predicted octanol–water partition coefficient (Wildman–Crippen LogP) is 14.8. The molecule has 0 unspecified atom stereocenters. The van der Waals surface area contributed by atoms with Gasteiger partial charge >= 0.3 is 0 Å². The minimum Gasteiger partial charge on any atom is -0.309 e. The highest BCUT2D eigenvalue weighted by Gasteiger charge is 2.56. The Bertz CT molecular complexity index is 3590. The summed E-state index contributed by atoms with van der Waals surface area (Å²) in [6.07, 6.45) is 0. The van der Waals surface area contributed by atoms with Gasteiger partial charge in [0, 0.05) is 38.4 Å². The van der Waals surface area contributed by atoms with Crippen molar-refractivity contribution >= 4 is 54.4 Å². The van der Waals surface area contributed by atoms with E-state index in [-0.39, 0.29) is 16.2 Å². The molecule has 304 valence electrons. The predicted molar refractivity (Wildman–Crippen MR) is 262 cm³/mol. The van der Waals surface area contributed by atoms with Gasteiger partial charge in [-0.3, -0.25) is 4.57 Å². The average Bonchev–Trinajstić information content (AvgIpc) is 3.88. The molecule has 0 spiro atoms. The lowest BCUT2D eigenvalue weighted by Gasteiger charge is -2.44. The van der Waals surface area contributed by atoms with Gasteiger partial charge in [-0.15, -0.1) is 0 Å². The van der Waals surface area contributed by atoms with Crippen LogP contribution in [0.3, 0.4) is 0 Å². The van der Waals surface area contributed by atoms with Crippen molar-refractivity contribution < 1.29 is 0 Å². The van der Waals surface area contributed by atoms with Crippen LogP contribution in [0, 0.1) is 5.41 Å². The summed E-state index contributed by atoms with van der Waals surface area (Å²) in [4.78, 5) is 15.6. The molecule has 11 aromatic rings. The fourth-order valence-corrected chi connectivity index (χ4v) is 10.8. The second kappa shape index (κ2) is 13.3. The van der Waals surface area contributed by atoms with Crippen LogP contribution >= 0.6 is 0 Å². The zero-order valence-electron chi connectivity index (χ0n) is 36.5. The van der Waals surface area contributed by atoms with Crippen molar-refractivity contribution in [3.05, 3.63) is 187 Å². The summed E-state index contributed by atoms with van der Waals surface area (Å²) in [5, 5.41) is 7.14. The van der Waals surface area contributed by atoms with E-state index >= 15 is 0 Å². The molecule has 5 heteroatoms. The van der Waals surface area contributed by atoms with Gasteiger partial charge in [0.05, 0.1) is 22.1 Å². The SMILES string of the molecule is CC1(C)c2ccc(-c3cccc(-n4c5ccccc5c5c6c7c8ccccc8ccc7n(-c7nc(-c8ccccc8)nc(-c8ccccc8)n7)c6ccc54)c3)cc2C(C)(C)C1(C)C. The van der Waals surface area contributed by atoms with Crippen molar-refractivity contribution in [1.82, 2.24) is 24.1 Å². The zero-order chi connectivity index (χ0) is 42.8. The van der Waals surface area contributed by atoms with E-state index in [2.05, 4.69) is 190 Å². The highest BCUT2D eigenvalue weighted by molar-refractivity contribution is 6.33. The smallest absolute Gasteiger partial charge is 0.238 e. The molecule has 63 heavy (non-hydrogen) atoms. The minimum absolute atomic E-state index is 0.0224. The highest BCUT2D eigenvalue weighted by atomic mass is 15.2. The normalized spacial score (nSPS) is 15.2.